The first-order valence-corrected chi connectivity index (χ1v) is 5.92. The maximum atomic E-state index is 9.83. The molecule has 15 heavy (non-hydrogen) atoms. The Kier molecular flexibility index (Phi) is 9.42. The van der Waals surface area contributed by atoms with Crippen LogP contribution in [0, 0.1) is 0 Å². The third kappa shape index (κ3) is 24.6. The van der Waals surface area contributed by atoms with E-state index in [1.54, 1.807) is 0 Å². The van der Waals surface area contributed by atoms with Gasteiger partial charge in [-0.2, -0.15) is 21.0 Å². The lowest BCUT2D eigenvalue weighted by molar-refractivity contribution is -0.137. The van der Waals surface area contributed by atoms with Crippen molar-refractivity contribution in [1.82, 2.24) is 0 Å². The van der Waals surface area contributed by atoms with Crippen molar-refractivity contribution < 1.29 is 32.8 Å². The molecule has 0 aliphatic rings. The minimum absolute atomic E-state index is 0.156. The van der Waals surface area contributed by atoms with E-state index in [1.165, 1.54) is 0 Å². The lowest BCUT2D eigenvalue weighted by Crippen LogP contribution is -2.08. The van der Waals surface area contributed by atoms with Gasteiger partial charge in [-0.05, 0) is 0 Å². The van der Waals surface area contributed by atoms with Crippen LogP contribution in [0.25, 0.3) is 0 Å². The molecule has 0 aliphatic carbocycles. The molecule has 0 radical (unpaired) electrons. The smallest absolute Gasteiger partial charge is 0.304 e. The second-order valence-corrected chi connectivity index (χ2v) is 4.32. The summed E-state index contributed by atoms with van der Waals surface area (Å²) < 4.78 is 27.6. The maximum Gasteiger partial charge on any atom is 0.304 e. The second kappa shape index (κ2) is 8.50. The van der Waals surface area contributed by atoms with Crippen molar-refractivity contribution in [3.63, 3.8) is 0 Å². The molecule has 0 spiro atoms. The molecule has 0 fully saturated rings. The van der Waals surface area contributed by atoms with Gasteiger partial charge in [0.2, 0.25) is 0 Å². The molecule has 0 unspecified atom stereocenters. The Morgan fingerprint density at radius 1 is 1.07 bits per heavy atom. The van der Waals surface area contributed by atoms with Gasteiger partial charge in [0.05, 0.1) is 18.6 Å². The number of carbonyl (C=O) groups is 2. The Bertz CT molecular complexity index is 295. The fourth-order valence-corrected chi connectivity index (χ4v) is 0.936. The van der Waals surface area contributed by atoms with Crippen molar-refractivity contribution >= 4 is 34.7 Å². The SMILES string of the molecule is O=C(O)CCS.O=C(O)CCS(=O)(=O)O. The quantitative estimate of drug-likeness (QED) is 0.396. The highest BCUT2D eigenvalue weighted by Crippen LogP contribution is 1.86. The summed E-state index contributed by atoms with van der Waals surface area (Å²) in [6.07, 6.45) is -0.401. The predicted molar refractivity (Wildman–Crippen MR) is 54.8 cm³/mol. The third-order valence-electron chi connectivity index (χ3n) is 0.900. The number of hydrogen-bond acceptors (Lipinski definition) is 5. The van der Waals surface area contributed by atoms with Crippen LogP contribution in [0.15, 0.2) is 0 Å². The van der Waals surface area contributed by atoms with Crippen LogP contribution < -0.4 is 0 Å². The van der Waals surface area contributed by atoms with Gasteiger partial charge in [-0.15, -0.1) is 0 Å². The van der Waals surface area contributed by atoms with Crippen molar-refractivity contribution in [3.05, 3.63) is 0 Å². The van der Waals surface area contributed by atoms with Crippen molar-refractivity contribution in [2.75, 3.05) is 11.5 Å². The van der Waals surface area contributed by atoms with E-state index in [4.69, 9.17) is 14.8 Å². The number of rotatable bonds is 5. The molecule has 0 aromatic rings. The molecule has 0 amide bonds. The molecule has 0 saturated carbocycles. The first kappa shape index (κ1) is 16.6. The van der Waals surface area contributed by atoms with Gasteiger partial charge in [0.15, 0.2) is 0 Å². The van der Waals surface area contributed by atoms with Crippen molar-refractivity contribution in [3.8, 4) is 0 Å². The van der Waals surface area contributed by atoms with E-state index >= 15 is 0 Å². The Morgan fingerprint density at radius 3 is 1.53 bits per heavy atom. The van der Waals surface area contributed by atoms with E-state index < -0.39 is 34.2 Å². The second-order valence-electron chi connectivity index (χ2n) is 2.30. The van der Waals surface area contributed by atoms with Gasteiger partial charge >= 0.3 is 11.9 Å². The van der Waals surface area contributed by atoms with E-state index in [9.17, 15) is 18.0 Å². The van der Waals surface area contributed by atoms with Gasteiger partial charge in [0.1, 0.15) is 0 Å². The van der Waals surface area contributed by atoms with Gasteiger partial charge in [0.25, 0.3) is 10.1 Å². The van der Waals surface area contributed by atoms with Crippen molar-refractivity contribution in [2.24, 2.45) is 0 Å². The van der Waals surface area contributed by atoms with Gasteiger partial charge in [0, 0.05) is 5.75 Å². The molecule has 0 bridgehead atoms. The van der Waals surface area contributed by atoms with Crippen LogP contribution >= 0.6 is 12.6 Å². The highest BCUT2D eigenvalue weighted by Gasteiger charge is 2.06. The van der Waals surface area contributed by atoms with E-state index in [0.717, 1.165) is 0 Å². The van der Waals surface area contributed by atoms with Crippen LogP contribution in [0.4, 0.5) is 0 Å². The molecule has 90 valence electrons. The van der Waals surface area contributed by atoms with Crippen LogP contribution in [-0.2, 0) is 19.7 Å². The monoisotopic (exact) mass is 260 g/mol. The molecule has 0 aromatic heterocycles. The summed E-state index contributed by atoms with van der Waals surface area (Å²) in [5.74, 6) is -2.32. The summed E-state index contributed by atoms with van der Waals surface area (Å²) in [6.45, 7) is 0. The van der Waals surface area contributed by atoms with Crippen LogP contribution in [0.1, 0.15) is 12.8 Å². The Labute approximate surface area is 92.3 Å². The van der Waals surface area contributed by atoms with Gasteiger partial charge in [-0.1, -0.05) is 0 Å². The van der Waals surface area contributed by atoms with E-state index in [0.29, 0.717) is 5.75 Å². The zero-order valence-corrected chi connectivity index (χ0v) is 9.37. The summed E-state index contributed by atoms with van der Waals surface area (Å²) in [4.78, 5) is 19.2. The van der Waals surface area contributed by atoms with Crippen LogP contribution in [-0.4, -0.2) is 46.6 Å². The minimum atomic E-state index is -4.10. The molecule has 0 atom stereocenters. The highest BCUT2D eigenvalue weighted by atomic mass is 32.2. The molecule has 0 aromatic carbocycles. The Morgan fingerprint density at radius 2 is 1.47 bits per heavy atom. The van der Waals surface area contributed by atoms with Gasteiger partial charge in [-0.3, -0.25) is 14.1 Å². The molecular weight excluding hydrogens is 248 g/mol. The minimum Gasteiger partial charge on any atom is -0.481 e. The number of carboxylic acid groups (broad SMARTS) is 2. The highest BCUT2D eigenvalue weighted by molar-refractivity contribution is 7.85. The molecule has 3 N–H and O–H groups in total. The first-order chi connectivity index (χ1) is 6.69. The first-order valence-electron chi connectivity index (χ1n) is 3.68. The lowest BCUT2D eigenvalue weighted by atomic mass is 10.5. The van der Waals surface area contributed by atoms with Crippen LogP contribution in [0.2, 0.25) is 0 Å². The number of thiol groups is 1. The number of hydrogen-bond donors (Lipinski definition) is 4. The summed E-state index contributed by atoms with van der Waals surface area (Å²) in [7, 11) is -4.10. The number of aliphatic carboxylic acids is 2. The summed E-state index contributed by atoms with van der Waals surface area (Å²) in [6, 6.07) is 0. The average Bonchev–Trinajstić information content (AvgIpc) is 2.00. The van der Waals surface area contributed by atoms with Crippen molar-refractivity contribution in [1.29, 1.82) is 0 Å². The lowest BCUT2D eigenvalue weighted by Gasteiger charge is -1.89. The summed E-state index contributed by atoms with van der Waals surface area (Å²) >= 11 is 3.68. The molecule has 0 saturated heterocycles. The van der Waals surface area contributed by atoms with Gasteiger partial charge < -0.3 is 10.2 Å². The fourth-order valence-electron chi connectivity index (χ4n) is 0.312. The molecule has 9 heteroatoms. The molecule has 0 aliphatic heterocycles. The molecule has 0 rings (SSSR count). The van der Waals surface area contributed by atoms with E-state index in [-0.39, 0.29) is 6.42 Å². The standard InChI is InChI=1S/C3H6O5S.C3H6O2S/c4-3(5)1-2-9(6,7)8;4-3(5)1-2-6/h1-2H2,(H,4,5)(H,6,7,8);6H,1-2H2,(H,4,5). The zero-order valence-electron chi connectivity index (χ0n) is 7.66. The normalized spacial score (nSPS) is 10.0. The van der Waals surface area contributed by atoms with Crippen LogP contribution in [0.5, 0.6) is 0 Å². The van der Waals surface area contributed by atoms with Gasteiger partial charge in [-0.25, -0.2) is 0 Å². The number of carboxylic acids is 2. The van der Waals surface area contributed by atoms with Crippen LogP contribution in [0.3, 0.4) is 0 Å². The maximum absolute atomic E-state index is 9.83. The molecular formula is C6H12O7S2. The topological polar surface area (TPSA) is 129 Å². The Balaban J connectivity index is 0. The fraction of sp³-hybridized carbons (Fsp3) is 0.667. The molecule has 0 heterocycles. The predicted octanol–water partition coefficient (Wildman–Crippen LogP) is -0.260. The summed E-state index contributed by atoms with van der Waals surface area (Å²) in [5, 5.41) is 15.8. The Hall–Kier alpha value is -0.800. The largest absolute Gasteiger partial charge is 0.481 e. The van der Waals surface area contributed by atoms with Crippen molar-refractivity contribution in [2.45, 2.75) is 12.8 Å². The average molecular weight is 260 g/mol. The van der Waals surface area contributed by atoms with E-state index in [1.807, 2.05) is 0 Å². The van der Waals surface area contributed by atoms with E-state index in [2.05, 4.69) is 12.6 Å². The molecule has 7 nitrogen and oxygen atoms in total. The summed E-state index contributed by atoms with van der Waals surface area (Å²) in [5.41, 5.74) is 0. The third-order valence-corrected chi connectivity index (χ3v) is 1.84. The zero-order chi connectivity index (χ0) is 12.5.